The van der Waals surface area contributed by atoms with Gasteiger partial charge in [-0.2, -0.15) is 0 Å². The first-order valence-corrected chi connectivity index (χ1v) is 6.66. The van der Waals surface area contributed by atoms with Crippen molar-refractivity contribution < 1.29 is 5.11 Å². The van der Waals surface area contributed by atoms with Gasteiger partial charge in [0.25, 0.3) is 5.56 Å². The Morgan fingerprint density at radius 2 is 2.05 bits per heavy atom. The number of aromatic nitrogens is 2. The molecule has 0 fully saturated rings. The van der Waals surface area contributed by atoms with E-state index >= 15 is 0 Å². The summed E-state index contributed by atoms with van der Waals surface area (Å²) >= 11 is 0. The fourth-order valence-corrected chi connectivity index (χ4v) is 2.32. The minimum Gasteiger partial charge on any atom is -0.392 e. The number of pyridine rings is 1. The van der Waals surface area contributed by atoms with Crippen molar-refractivity contribution in [2.45, 2.75) is 26.4 Å². The number of benzene rings is 1. The molecule has 2 aromatic heterocycles. The lowest BCUT2D eigenvalue weighted by Crippen LogP contribution is -2.16. The Morgan fingerprint density at radius 3 is 2.75 bits per heavy atom. The third kappa shape index (κ3) is 1.98. The van der Waals surface area contributed by atoms with Gasteiger partial charge in [0.1, 0.15) is 5.65 Å². The first-order chi connectivity index (χ1) is 9.60. The second-order valence-electron chi connectivity index (χ2n) is 5.27. The topological polar surface area (TPSA) is 54.6 Å². The Balaban J connectivity index is 2.39. The quantitative estimate of drug-likeness (QED) is 0.726. The Kier molecular flexibility index (Phi) is 3.03. The average Bonchev–Trinajstić information content (AvgIpc) is 2.47. The number of hydrogen-bond donors (Lipinski definition) is 1. The van der Waals surface area contributed by atoms with Crippen LogP contribution in [0.4, 0.5) is 0 Å². The van der Waals surface area contributed by atoms with Crippen LogP contribution in [0.15, 0.2) is 41.3 Å². The van der Waals surface area contributed by atoms with Crippen LogP contribution < -0.4 is 5.56 Å². The molecule has 0 atom stereocenters. The first kappa shape index (κ1) is 12.8. The van der Waals surface area contributed by atoms with E-state index in [4.69, 9.17) is 0 Å². The molecule has 1 N–H and O–H groups in total. The Morgan fingerprint density at radius 1 is 1.25 bits per heavy atom. The summed E-state index contributed by atoms with van der Waals surface area (Å²) in [7, 11) is 0. The molecule has 102 valence electrons. The van der Waals surface area contributed by atoms with E-state index in [0.717, 1.165) is 5.56 Å². The monoisotopic (exact) mass is 268 g/mol. The Labute approximate surface area is 116 Å². The molecule has 0 spiro atoms. The maximum atomic E-state index is 12.6. The molecule has 2 heterocycles. The second kappa shape index (κ2) is 4.72. The highest BCUT2D eigenvalue weighted by Gasteiger charge is 2.08. The third-order valence-electron chi connectivity index (χ3n) is 3.54. The van der Waals surface area contributed by atoms with Gasteiger partial charge in [-0.25, -0.2) is 4.98 Å². The van der Waals surface area contributed by atoms with Crippen LogP contribution in [0.25, 0.3) is 16.6 Å². The molecule has 4 heteroatoms. The fourth-order valence-electron chi connectivity index (χ4n) is 2.32. The highest BCUT2D eigenvalue weighted by molar-refractivity contribution is 5.80. The zero-order chi connectivity index (χ0) is 14.3. The normalized spacial score (nSPS) is 11.6. The summed E-state index contributed by atoms with van der Waals surface area (Å²) in [5, 5.41) is 9.80. The molecule has 0 amide bonds. The number of aliphatic hydroxyl groups is 1. The van der Waals surface area contributed by atoms with Crippen LogP contribution in [0, 0.1) is 0 Å². The van der Waals surface area contributed by atoms with Crippen LogP contribution in [0.5, 0.6) is 0 Å². The van der Waals surface area contributed by atoms with Crippen molar-refractivity contribution in [1.29, 1.82) is 0 Å². The van der Waals surface area contributed by atoms with Crippen LogP contribution in [0.2, 0.25) is 0 Å². The van der Waals surface area contributed by atoms with Crippen LogP contribution >= 0.6 is 0 Å². The molecular weight excluding hydrogens is 252 g/mol. The van der Waals surface area contributed by atoms with E-state index in [9.17, 15) is 9.90 Å². The van der Waals surface area contributed by atoms with Crippen molar-refractivity contribution in [3.05, 3.63) is 58.0 Å². The molecule has 20 heavy (non-hydrogen) atoms. The largest absolute Gasteiger partial charge is 0.392 e. The number of hydrogen-bond acceptors (Lipinski definition) is 3. The van der Waals surface area contributed by atoms with Crippen molar-refractivity contribution in [2.75, 3.05) is 0 Å². The molecule has 4 nitrogen and oxygen atoms in total. The predicted octanol–water partition coefficient (Wildman–Crippen LogP) is 2.46. The molecule has 0 saturated heterocycles. The van der Waals surface area contributed by atoms with Crippen molar-refractivity contribution in [2.24, 2.45) is 0 Å². The molecule has 3 rings (SSSR count). The zero-order valence-corrected chi connectivity index (χ0v) is 11.5. The van der Waals surface area contributed by atoms with E-state index in [1.807, 2.05) is 18.2 Å². The van der Waals surface area contributed by atoms with Gasteiger partial charge >= 0.3 is 0 Å². The SMILES string of the molecule is CC(C)c1ccc2nc3ccc(CO)cn3c(=O)c2c1. The minimum atomic E-state index is -0.0946. The van der Waals surface area contributed by atoms with Gasteiger partial charge in [-0.3, -0.25) is 9.20 Å². The molecule has 0 bridgehead atoms. The van der Waals surface area contributed by atoms with E-state index in [1.54, 1.807) is 18.3 Å². The summed E-state index contributed by atoms with van der Waals surface area (Å²) in [6, 6.07) is 9.34. The maximum Gasteiger partial charge on any atom is 0.265 e. The number of nitrogens with zero attached hydrogens (tertiary/aromatic N) is 2. The highest BCUT2D eigenvalue weighted by atomic mass is 16.3. The number of aliphatic hydroxyl groups excluding tert-OH is 1. The molecule has 0 saturated carbocycles. The molecule has 1 aromatic carbocycles. The minimum absolute atomic E-state index is 0.0908. The van der Waals surface area contributed by atoms with Gasteiger partial charge in [0.05, 0.1) is 17.5 Å². The maximum absolute atomic E-state index is 12.6. The average molecular weight is 268 g/mol. The summed E-state index contributed by atoms with van der Waals surface area (Å²) in [5.41, 5.74) is 3.02. The van der Waals surface area contributed by atoms with Crippen LogP contribution in [-0.4, -0.2) is 14.5 Å². The van der Waals surface area contributed by atoms with Crippen molar-refractivity contribution >= 4 is 16.6 Å². The molecule has 0 aliphatic carbocycles. The van der Waals surface area contributed by atoms with Gasteiger partial charge in [-0.15, -0.1) is 0 Å². The summed E-state index contributed by atoms with van der Waals surface area (Å²) in [5.74, 6) is 0.364. The molecule has 0 unspecified atom stereocenters. The lowest BCUT2D eigenvalue weighted by atomic mass is 10.0. The fraction of sp³-hybridized carbons (Fsp3) is 0.250. The van der Waals surface area contributed by atoms with Crippen molar-refractivity contribution in [3.63, 3.8) is 0 Å². The standard InChI is InChI=1S/C16H16N2O2/c1-10(2)12-4-5-14-13(7-12)16(20)18-8-11(9-19)3-6-15(18)17-14/h3-8,10,19H,9H2,1-2H3. The Bertz CT molecular complexity index is 850. The van der Waals surface area contributed by atoms with Gasteiger partial charge < -0.3 is 5.11 Å². The van der Waals surface area contributed by atoms with E-state index in [2.05, 4.69) is 18.8 Å². The first-order valence-electron chi connectivity index (χ1n) is 6.66. The van der Waals surface area contributed by atoms with Crippen LogP contribution in [-0.2, 0) is 6.61 Å². The second-order valence-corrected chi connectivity index (χ2v) is 5.27. The predicted molar refractivity (Wildman–Crippen MR) is 79.0 cm³/mol. The summed E-state index contributed by atoms with van der Waals surface area (Å²) < 4.78 is 1.50. The lowest BCUT2D eigenvalue weighted by Gasteiger charge is -2.08. The van der Waals surface area contributed by atoms with Crippen LogP contribution in [0.3, 0.4) is 0 Å². The highest BCUT2D eigenvalue weighted by Crippen LogP contribution is 2.18. The summed E-state index contributed by atoms with van der Waals surface area (Å²) in [6.07, 6.45) is 1.64. The van der Waals surface area contributed by atoms with E-state index in [0.29, 0.717) is 28.0 Å². The Hall–Kier alpha value is -2.20. The number of fused-ring (bicyclic) bond motifs is 2. The van der Waals surface area contributed by atoms with Crippen molar-refractivity contribution in [1.82, 2.24) is 9.38 Å². The molecule has 3 aromatic rings. The van der Waals surface area contributed by atoms with Crippen molar-refractivity contribution in [3.8, 4) is 0 Å². The van der Waals surface area contributed by atoms with Gasteiger partial charge in [-0.1, -0.05) is 26.0 Å². The number of rotatable bonds is 2. The van der Waals surface area contributed by atoms with Crippen LogP contribution in [0.1, 0.15) is 30.9 Å². The van der Waals surface area contributed by atoms with Gasteiger partial charge in [0.15, 0.2) is 0 Å². The zero-order valence-electron chi connectivity index (χ0n) is 11.5. The van der Waals surface area contributed by atoms with E-state index in [-0.39, 0.29) is 12.2 Å². The molecule has 0 radical (unpaired) electrons. The summed E-state index contributed by atoms with van der Waals surface area (Å²) in [4.78, 5) is 17.1. The van der Waals surface area contributed by atoms with Gasteiger partial charge in [0.2, 0.25) is 0 Å². The van der Waals surface area contributed by atoms with Gasteiger partial charge in [0, 0.05) is 6.20 Å². The summed E-state index contributed by atoms with van der Waals surface area (Å²) in [6.45, 7) is 4.10. The van der Waals surface area contributed by atoms with Gasteiger partial charge in [-0.05, 0) is 35.2 Å². The van der Waals surface area contributed by atoms with E-state index < -0.39 is 0 Å². The van der Waals surface area contributed by atoms with E-state index in [1.165, 1.54) is 4.40 Å². The smallest absolute Gasteiger partial charge is 0.265 e. The molecule has 0 aliphatic heterocycles. The third-order valence-corrected chi connectivity index (χ3v) is 3.54. The lowest BCUT2D eigenvalue weighted by molar-refractivity contribution is 0.281. The molecule has 0 aliphatic rings. The molecular formula is C16H16N2O2.